The fraction of sp³-hybridized carbons (Fsp3) is 1.00. The van der Waals surface area contributed by atoms with Gasteiger partial charge in [0.05, 0.1) is 19.3 Å². The summed E-state index contributed by atoms with van der Waals surface area (Å²) < 4.78 is 5.49. The van der Waals surface area contributed by atoms with Crippen LogP contribution in [0.15, 0.2) is 0 Å². The van der Waals surface area contributed by atoms with Gasteiger partial charge in [-0.15, -0.1) is 0 Å². The SMILES string of the molecule is OCC1CN(C2CCCCCC2)CCO1. The second-order valence-electron chi connectivity index (χ2n) is 4.82. The van der Waals surface area contributed by atoms with E-state index in [2.05, 4.69) is 4.90 Å². The van der Waals surface area contributed by atoms with Crippen molar-refractivity contribution in [3.8, 4) is 0 Å². The zero-order chi connectivity index (χ0) is 10.5. The van der Waals surface area contributed by atoms with Gasteiger partial charge in [0.15, 0.2) is 0 Å². The molecule has 15 heavy (non-hydrogen) atoms. The molecule has 3 nitrogen and oxygen atoms in total. The molecule has 0 spiro atoms. The van der Waals surface area contributed by atoms with Crippen LogP contribution >= 0.6 is 0 Å². The summed E-state index contributed by atoms with van der Waals surface area (Å²) in [5, 5.41) is 9.11. The van der Waals surface area contributed by atoms with Gasteiger partial charge >= 0.3 is 0 Å². The lowest BCUT2D eigenvalue weighted by Crippen LogP contribution is -2.48. The van der Waals surface area contributed by atoms with E-state index in [0.29, 0.717) is 0 Å². The van der Waals surface area contributed by atoms with Gasteiger partial charge in [0.1, 0.15) is 0 Å². The minimum atomic E-state index is 0.0574. The van der Waals surface area contributed by atoms with Gasteiger partial charge in [-0.3, -0.25) is 4.90 Å². The van der Waals surface area contributed by atoms with Crippen LogP contribution in [0.1, 0.15) is 38.5 Å². The van der Waals surface area contributed by atoms with Gasteiger partial charge in [0, 0.05) is 19.1 Å². The molecule has 88 valence electrons. The summed E-state index contributed by atoms with van der Waals surface area (Å²) >= 11 is 0. The van der Waals surface area contributed by atoms with E-state index in [4.69, 9.17) is 9.84 Å². The maximum Gasteiger partial charge on any atom is 0.0932 e. The first-order chi connectivity index (χ1) is 7.40. The van der Waals surface area contributed by atoms with Gasteiger partial charge in [-0.2, -0.15) is 0 Å². The fourth-order valence-corrected chi connectivity index (χ4v) is 2.81. The monoisotopic (exact) mass is 213 g/mol. The molecular weight excluding hydrogens is 190 g/mol. The zero-order valence-electron chi connectivity index (χ0n) is 9.53. The molecule has 1 N–H and O–H groups in total. The first-order valence-electron chi connectivity index (χ1n) is 6.36. The summed E-state index contributed by atoms with van der Waals surface area (Å²) in [5.74, 6) is 0. The van der Waals surface area contributed by atoms with Gasteiger partial charge in [-0.05, 0) is 12.8 Å². The largest absolute Gasteiger partial charge is 0.394 e. The van der Waals surface area contributed by atoms with Crippen molar-refractivity contribution in [3.05, 3.63) is 0 Å². The van der Waals surface area contributed by atoms with Crippen molar-refractivity contribution in [2.75, 3.05) is 26.3 Å². The Labute approximate surface area is 92.4 Å². The molecule has 1 saturated carbocycles. The quantitative estimate of drug-likeness (QED) is 0.704. The van der Waals surface area contributed by atoms with E-state index in [-0.39, 0.29) is 12.7 Å². The molecule has 0 radical (unpaired) electrons. The van der Waals surface area contributed by atoms with Crippen molar-refractivity contribution in [2.24, 2.45) is 0 Å². The van der Waals surface area contributed by atoms with E-state index in [1.807, 2.05) is 0 Å². The molecule has 1 aliphatic carbocycles. The summed E-state index contributed by atoms with van der Waals surface area (Å²) in [4.78, 5) is 2.54. The van der Waals surface area contributed by atoms with Crippen molar-refractivity contribution >= 4 is 0 Å². The molecule has 0 amide bonds. The number of aliphatic hydroxyl groups excluding tert-OH is 1. The van der Waals surface area contributed by atoms with Crippen LogP contribution < -0.4 is 0 Å². The van der Waals surface area contributed by atoms with E-state index >= 15 is 0 Å². The fourth-order valence-electron chi connectivity index (χ4n) is 2.81. The highest BCUT2D eigenvalue weighted by Gasteiger charge is 2.26. The smallest absolute Gasteiger partial charge is 0.0932 e. The molecule has 0 bridgehead atoms. The highest BCUT2D eigenvalue weighted by molar-refractivity contribution is 4.79. The van der Waals surface area contributed by atoms with Crippen molar-refractivity contribution in [1.29, 1.82) is 0 Å². The van der Waals surface area contributed by atoms with E-state index in [0.717, 1.165) is 25.7 Å². The lowest BCUT2D eigenvalue weighted by atomic mass is 10.1. The minimum Gasteiger partial charge on any atom is -0.394 e. The third kappa shape index (κ3) is 3.16. The average Bonchev–Trinajstić information content (AvgIpc) is 2.58. The van der Waals surface area contributed by atoms with E-state index < -0.39 is 0 Å². The number of hydrogen-bond acceptors (Lipinski definition) is 3. The minimum absolute atomic E-state index is 0.0574. The number of aliphatic hydroxyl groups is 1. The van der Waals surface area contributed by atoms with E-state index in [1.165, 1.54) is 38.5 Å². The Balaban J connectivity index is 1.84. The molecule has 3 heteroatoms. The molecule has 1 saturated heterocycles. The molecule has 1 atom stereocenters. The highest BCUT2D eigenvalue weighted by atomic mass is 16.5. The molecule has 0 aromatic rings. The number of hydrogen-bond donors (Lipinski definition) is 1. The number of rotatable bonds is 2. The van der Waals surface area contributed by atoms with Crippen LogP contribution in [0, 0.1) is 0 Å². The Kier molecular flexibility index (Phi) is 4.42. The molecule has 2 aliphatic rings. The van der Waals surface area contributed by atoms with Crippen LogP contribution in [0.2, 0.25) is 0 Å². The first kappa shape index (κ1) is 11.4. The highest BCUT2D eigenvalue weighted by Crippen LogP contribution is 2.23. The third-order valence-electron chi connectivity index (χ3n) is 3.71. The second-order valence-corrected chi connectivity index (χ2v) is 4.82. The maximum absolute atomic E-state index is 9.11. The molecule has 0 aromatic heterocycles. The van der Waals surface area contributed by atoms with E-state index in [1.54, 1.807) is 0 Å². The summed E-state index contributed by atoms with van der Waals surface area (Å²) in [5.41, 5.74) is 0. The summed E-state index contributed by atoms with van der Waals surface area (Å²) in [6, 6.07) is 0.755. The molecule has 2 fully saturated rings. The normalized spacial score (nSPS) is 31.4. The van der Waals surface area contributed by atoms with Crippen LogP contribution in [0.5, 0.6) is 0 Å². The van der Waals surface area contributed by atoms with E-state index in [9.17, 15) is 0 Å². The second kappa shape index (κ2) is 5.83. The van der Waals surface area contributed by atoms with Gasteiger partial charge in [0.25, 0.3) is 0 Å². The van der Waals surface area contributed by atoms with Crippen molar-refractivity contribution in [1.82, 2.24) is 4.90 Å². The first-order valence-corrected chi connectivity index (χ1v) is 6.36. The molecule has 2 rings (SSSR count). The van der Waals surface area contributed by atoms with Crippen LogP contribution in [0.25, 0.3) is 0 Å². The molecular formula is C12H23NO2. The van der Waals surface area contributed by atoms with Gasteiger partial charge in [-0.1, -0.05) is 25.7 Å². The zero-order valence-corrected chi connectivity index (χ0v) is 9.53. The Bertz CT molecular complexity index is 178. The lowest BCUT2D eigenvalue weighted by molar-refractivity contribution is -0.0662. The maximum atomic E-state index is 9.11. The Morgan fingerprint density at radius 2 is 1.87 bits per heavy atom. The Morgan fingerprint density at radius 1 is 1.13 bits per heavy atom. The predicted molar refractivity (Wildman–Crippen MR) is 59.9 cm³/mol. The molecule has 1 unspecified atom stereocenters. The summed E-state index contributed by atoms with van der Waals surface area (Å²) in [6.07, 6.45) is 8.32. The molecule has 1 heterocycles. The Morgan fingerprint density at radius 3 is 2.53 bits per heavy atom. The Hall–Kier alpha value is -0.120. The van der Waals surface area contributed by atoms with Gasteiger partial charge < -0.3 is 9.84 Å². The number of ether oxygens (including phenoxy) is 1. The topological polar surface area (TPSA) is 32.7 Å². The standard InChI is InChI=1S/C12H23NO2/c14-10-12-9-13(7-8-15-12)11-5-3-1-2-4-6-11/h11-12,14H,1-10H2. The predicted octanol–water partition coefficient (Wildman–Crippen LogP) is 1.40. The summed E-state index contributed by atoms with van der Waals surface area (Å²) in [6.45, 7) is 2.95. The van der Waals surface area contributed by atoms with Crippen LogP contribution in [0.4, 0.5) is 0 Å². The van der Waals surface area contributed by atoms with Gasteiger partial charge in [-0.25, -0.2) is 0 Å². The molecule has 0 aromatic carbocycles. The van der Waals surface area contributed by atoms with Crippen LogP contribution in [-0.4, -0.2) is 48.5 Å². The van der Waals surface area contributed by atoms with Crippen molar-refractivity contribution in [2.45, 2.75) is 50.7 Å². The van der Waals surface area contributed by atoms with Crippen molar-refractivity contribution < 1.29 is 9.84 Å². The molecule has 1 aliphatic heterocycles. The van der Waals surface area contributed by atoms with Crippen LogP contribution in [-0.2, 0) is 4.74 Å². The van der Waals surface area contributed by atoms with Crippen LogP contribution in [0.3, 0.4) is 0 Å². The summed E-state index contributed by atoms with van der Waals surface area (Å²) in [7, 11) is 0. The lowest BCUT2D eigenvalue weighted by Gasteiger charge is -2.37. The average molecular weight is 213 g/mol. The van der Waals surface area contributed by atoms with Gasteiger partial charge in [0.2, 0.25) is 0 Å². The third-order valence-corrected chi connectivity index (χ3v) is 3.71. The number of morpholine rings is 1. The van der Waals surface area contributed by atoms with Crippen molar-refractivity contribution in [3.63, 3.8) is 0 Å². The number of nitrogens with zero attached hydrogens (tertiary/aromatic N) is 1.